The van der Waals surface area contributed by atoms with Gasteiger partial charge in [0.1, 0.15) is 0 Å². The number of fused-ring (bicyclic) bond motifs is 1. The highest BCUT2D eigenvalue weighted by molar-refractivity contribution is 5.81. The van der Waals surface area contributed by atoms with Crippen molar-refractivity contribution in [3.63, 3.8) is 0 Å². The molecule has 1 unspecified atom stereocenters. The molecule has 1 aliphatic heterocycles. The first kappa shape index (κ1) is 13.6. The van der Waals surface area contributed by atoms with Gasteiger partial charge in [-0.05, 0) is 37.8 Å². The molecule has 0 radical (unpaired) electrons. The zero-order valence-corrected chi connectivity index (χ0v) is 13.0. The van der Waals surface area contributed by atoms with E-state index in [0.29, 0.717) is 6.04 Å². The van der Waals surface area contributed by atoms with E-state index in [1.165, 1.54) is 0 Å². The smallest absolute Gasteiger partial charge is 0.225 e. The molecule has 0 spiro atoms. The lowest BCUT2D eigenvalue weighted by molar-refractivity contribution is -0.125. The van der Waals surface area contributed by atoms with Crippen LogP contribution in [0.4, 0.5) is 5.95 Å². The normalized spacial score (nSPS) is 22.0. The number of nitrogens with one attached hydrogen (secondary N) is 1. The number of amides is 1. The molecule has 2 heterocycles. The highest BCUT2D eigenvalue weighted by atomic mass is 16.2. The van der Waals surface area contributed by atoms with E-state index in [1.54, 1.807) is 0 Å². The van der Waals surface area contributed by atoms with Crippen molar-refractivity contribution in [1.29, 1.82) is 0 Å². The molecule has 1 aromatic heterocycles. The number of hydrogen-bond acceptors (Lipinski definition) is 3. The Bertz CT molecular complexity index is 704. The minimum atomic E-state index is 0.0918. The fraction of sp³-hybridized carbons (Fsp3) is 0.529. The second kappa shape index (κ2) is 5.30. The van der Waals surface area contributed by atoms with Crippen LogP contribution in [0, 0.1) is 5.92 Å². The van der Waals surface area contributed by atoms with Crippen molar-refractivity contribution in [3.8, 4) is 0 Å². The van der Waals surface area contributed by atoms with Crippen LogP contribution in [-0.4, -0.2) is 34.6 Å². The molecule has 5 nitrogen and oxygen atoms in total. The molecule has 5 heteroatoms. The molecule has 2 aliphatic rings. The Morgan fingerprint density at radius 3 is 2.86 bits per heavy atom. The highest BCUT2D eigenvalue weighted by Crippen LogP contribution is 2.27. The summed E-state index contributed by atoms with van der Waals surface area (Å²) in [7, 11) is 2.05. The monoisotopic (exact) mass is 298 g/mol. The van der Waals surface area contributed by atoms with Gasteiger partial charge in [-0.15, -0.1) is 0 Å². The standard InChI is InChI=1S/C17H22N4O/c1-20-15-7-3-2-6-14(15)19-17(20)21-10-4-5-12(11-21)16(22)18-13-8-9-13/h2-3,6-7,12-13H,4-5,8-11H2,1H3,(H,18,22). The Morgan fingerprint density at radius 1 is 1.27 bits per heavy atom. The average molecular weight is 298 g/mol. The van der Waals surface area contributed by atoms with Crippen LogP contribution in [0.1, 0.15) is 25.7 Å². The van der Waals surface area contributed by atoms with Crippen molar-refractivity contribution in [2.24, 2.45) is 13.0 Å². The third-order valence-electron chi connectivity index (χ3n) is 4.76. The summed E-state index contributed by atoms with van der Waals surface area (Å²) in [5.74, 6) is 1.30. The van der Waals surface area contributed by atoms with Crippen LogP contribution < -0.4 is 10.2 Å². The third-order valence-corrected chi connectivity index (χ3v) is 4.76. The number of para-hydroxylation sites is 2. The van der Waals surface area contributed by atoms with Crippen molar-refractivity contribution in [2.45, 2.75) is 31.7 Å². The molecule has 1 amide bonds. The molecule has 1 saturated carbocycles. The van der Waals surface area contributed by atoms with E-state index >= 15 is 0 Å². The molecule has 2 aromatic rings. The lowest BCUT2D eigenvalue weighted by Gasteiger charge is -2.32. The van der Waals surface area contributed by atoms with E-state index in [9.17, 15) is 4.79 Å². The van der Waals surface area contributed by atoms with Gasteiger partial charge in [0.15, 0.2) is 0 Å². The number of aryl methyl sites for hydroxylation is 1. The summed E-state index contributed by atoms with van der Waals surface area (Å²) < 4.78 is 2.14. The molecule has 1 N–H and O–H groups in total. The molecule has 1 saturated heterocycles. The van der Waals surface area contributed by atoms with Crippen molar-refractivity contribution < 1.29 is 4.79 Å². The first-order valence-electron chi connectivity index (χ1n) is 8.19. The van der Waals surface area contributed by atoms with Gasteiger partial charge in [0.05, 0.1) is 17.0 Å². The van der Waals surface area contributed by atoms with Gasteiger partial charge in [0, 0.05) is 26.2 Å². The van der Waals surface area contributed by atoms with Crippen molar-refractivity contribution in [1.82, 2.24) is 14.9 Å². The number of rotatable bonds is 3. The predicted octanol–water partition coefficient (Wildman–Crippen LogP) is 2.07. The Labute approximate surface area is 130 Å². The van der Waals surface area contributed by atoms with Crippen molar-refractivity contribution in [2.75, 3.05) is 18.0 Å². The van der Waals surface area contributed by atoms with Crippen molar-refractivity contribution >= 4 is 22.9 Å². The number of aromatic nitrogens is 2. The summed E-state index contributed by atoms with van der Waals surface area (Å²) in [6, 6.07) is 8.63. The maximum Gasteiger partial charge on any atom is 0.225 e. The predicted molar refractivity (Wildman–Crippen MR) is 86.8 cm³/mol. The van der Waals surface area contributed by atoms with E-state index in [-0.39, 0.29) is 11.8 Å². The third kappa shape index (κ3) is 2.45. The lowest BCUT2D eigenvalue weighted by atomic mass is 9.97. The second-order valence-electron chi connectivity index (χ2n) is 6.53. The number of piperidine rings is 1. The largest absolute Gasteiger partial charge is 0.353 e. The van der Waals surface area contributed by atoms with E-state index in [0.717, 1.165) is 55.8 Å². The van der Waals surface area contributed by atoms with Crippen LogP contribution in [0.5, 0.6) is 0 Å². The number of carbonyl (C=O) groups is 1. The highest BCUT2D eigenvalue weighted by Gasteiger charge is 2.31. The van der Waals surface area contributed by atoms with Gasteiger partial charge in [-0.1, -0.05) is 12.1 Å². The van der Waals surface area contributed by atoms with Gasteiger partial charge < -0.3 is 14.8 Å². The van der Waals surface area contributed by atoms with E-state index in [1.807, 2.05) is 18.2 Å². The molecule has 1 aliphatic carbocycles. The molecule has 0 bridgehead atoms. The molecule has 2 fully saturated rings. The number of hydrogen-bond donors (Lipinski definition) is 1. The van der Waals surface area contributed by atoms with Gasteiger partial charge in [-0.3, -0.25) is 4.79 Å². The fourth-order valence-corrected chi connectivity index (χ4v) is 3.34. The molecule has 1 atom stereocenters. The van der Waals surface area contributed by atoms with Crippen LogP contribution in [-0.2, 0) is 11.8 Å². The Balaban J connectivity index is 1.55. The van der Waals surface area contributed by atoms with Gasteiger partial charge in [-0.25, -0.2) is 4.98 Å². The van der Waals surface area contributed by atoms with Crippen molar-refractivity contribution in [3.05, 3.63) is 24.3 Å². The Kier molecular flexibility index (Phi) is 3.28. The van der Waals surface area contributed by atoms with Gasteiger partial charge in [0.2, 0.25) is 11.9 Å². The molecule has 22 heavy (non-hydrogen) atoms. The summed E-state index contributed by atoms with van der Waals surface area (Å²) in [6.07, 6.45) is 4.32. The number of anilines is 1. The maximum atomic E-state index is 12.3. The summed E-state index contributed by atoms with van der Waals surface area (Å²) in [5, 5.41) is 3.14. The SMILES string of the molecule is Cn1c(N2CCCC(C(=O)NC3CC3)C2)nc2ccccc21. The minimum absolute atomic E-state index is 0.0918. The van der Waals surface area contributed by atoms with E-state index < -0.39 is 0 Å². The molecule has 4 rings (SSSR count). The average Bonchev–Trinajstić information content (AvgIpc) is 3.30. The Hall–Kier alpha value is -2.04. The van der Waals surface area contributed by atoms with E-state index in [4.69, 9.17) is 4.98 Å². The lowest BCUT2D eigenvalue weighted by Crippen LogP contribution is -2.44. The van der Waals surface area contributed by atoms with Gasteiger partial charge in [-0.2, -0.15) is 0 Å². The van der Waals surface area contributed by atoms with Gasteiger partial charge in [0.25, 0.3) is 0 Å². The number of imidazole rings is 1. The van der Waals surface area contributed by atoms with E-state index in [2.05, 4.69) is 27.9 Å². The molecular formula is C17H22N4O. The zero-order valence-electron chi connectivity index (χ0n) is 13.0. The molecule has 116 valence electrons. The van der Waals surface area contributed by atoms with Crippen LogP contribution in [0.2, 0.25) is 0 Å². The summed E-state index contributed by atoms with van der Waals surface area (Å²) >= 11 is 0. The molecular weight excluding hydrogens is 276 g/mol. The topological polar surface area (TPSA) is 50.2 Å². The minimum Gasteiger partial charge on any atom is -0.353 e. The number of nitrogens with zero attached hydrogens (tertiary/aromatic N) is 3. The van der Waals surface area contributed by atoms with Crippen LogP contribution >= 0.6 is 0 Å². The molecule has 1 aromatic carbocycles. The number of benzene rings is 1. The number of carbonyl (C=O) groups excluding carboxylic acids is 1. The van der Waals surface area contributed by atoms with Crippen LogP contribution in [0.3, 0.4) is 0 Å². The summed E-state index contributed by atoms with van der Waals surface area (Å²) in [6.45, 7) is 1.75. The summed E-state index contributed by atoms with van der Waals surface area (Å²) in [5.41, 5.74) is 2.16. The fourth-order valence-electron chi connectivity index (χ4n) is 3.34. The van der Waals surface area contributed by atoms with Crippen LogP contribution in [0.25, 0.3) is 11.0 Å². The van der Waals surface area contributed by atoms with Crippen LogP contribution in [0.15, 0.2) is 24.3 Å². The first-order chi connectivity index (χ1) is 10.7. The van der Waals surface area contributed by atoms with Gasteiger partial charge >= 0.3 is 0 Å². The first-order valence-corrected chi connectivity index (χ1v) is 8.19. The zero-order chi connectivity index (χ0) is 15.1. The summed E-state index contributed by atoms with van der Waals surface area (Å²) in [4.78, 5) is 19.3. The second-order valence-corrected chi connectivity index (χ2v) is 6.53. The quantitative estimate of drug-likeness (QED) is 0.944. The Morgan fingerprint density at radius 2 is 2.09 bits per heavy atom. The maximum absolute atomic E-state index is 12.3.